The third-order valence-corrected chi connectivity index (χ3v) is 2.74. The van der Waals surface area contributed by atoms with Crippen LogP contribution in [0.2, 0.25) is 0 Å². The summed E-state index contributed by atoms with van der Waals surface area (Å²) in [7, 11) is 1.25. The summed E-state index contributed by atoms with van der Waals surface area (Å²) < 4.78 is 9.89. The number of hydrogen-bond acceptors (Lipinski definition) is 5. The average Bonchev–Trinajstić information content (AvgIpc) is 2.43. The van der Waals surface area contributed by atoms with Gasteiger partial charge in [-0.05, 0) is 18.1 Å². The first-order valence-corrected chi connectivity index (χ1v) is 6.06. The molecule has 2 atom stereocenters. The van der Waals surface area contributed by atoms with Crippen LogP contribution in [0.15, 0.2) is 30.3 Å². The minimum atomic E-state index is -0.988. The van der Waals surface area contributed by atoms with Gasteiger partial charge in [-0.2, -0.15) is 0 Å². The van der Waals surface area contributed by atoms with Crippen LogP contribution in [0.3, 0.4) is 0 Å². The number of benzene rings is 1. The lowest BCUT2D eigenvalue weighted by Crippen LogP contribution is -2.47. The number of ether oxygens (including phenoxy) is 2. The second kappa shape index (κ2) is 6.89. The molecule has 0 heterocycles. The molecule has 0 saturated carbocycles. The van der Waals surface area contributed by atoms with Gasteiger partial charge in [0.25, 0.3) is 0 Å². The number of carbonyl (C=O) groups is 2. The monoisotopic (exact) mass is 265 g/mol. The van der Waals surface area contributed by atoms with Gasteiger partial charge in [0.2, 0.25) is 0 Å². The van der Waals surface area contributed by atoms with Crippen LogP contribution in [0, 0.1) is 5.92 Å². The molecule has 0 spiro atoms. The lowest BCUT2D eigenvalue weighted by Gasteiger charge is -2.25. The molecular formula is C14H19NO4. The predicted molar refractivity (Wildman–Crippen MR) is 70.5 cm³/mol. The first-order valence-electron chi connectivity index (χ1n) is 6.06. The van der Waals surface area contributed by atoms with Gasteiger partial charge in [-0.1, -0.05) is 32.0 Å². The zero-order valence-electron chi connectivity index (χ0n) is 11.3. The van der Waals surface area contributed by atoms with E-state index in [2.05, 4.69) is 4.74 Å². The van der Waals surface area contributed by atoms with Crippen molar-refractivity contribution >= 4 is 11.9 Å². The SMILES string of the molecule is COC(=O)[C@H](N)[C@@H](OC(=O)c1ccccc1)C(C)C. The average molecular weight is 265 g/mol. The van der Waals surface area contributed by atoms with E-state index in [4.69, 9.17) is 10.5 Å². The van der Waals surface area contributed by atoms with E-state index >= 15 is 0 Å². The minimum absolute atomic E-state index is 0.0956. The Morgan fingerprint density at radius 2 is 1.74 bits per heavy atom. The van der Waals surface area contributed by atoms with Crippen molar-refractivity contribution in [1.29, 1.82) is 0 Å². The van der Waals surface area contributed by atoms with Crippen molar-refractivity contribution in [2.24, 2.45) is 11.7 Å². The van der Waals surface area contributed by atoms with Crippen molar-refractivity contribution in [3.8, 4) is 0 Å². The molecule has 0 saturated heterocycles. The lowest BCUT2D eigenvalue weighted by atomic mass is 10.00. The maximum Gasteiger partial charge on any atom is 0.338 e. The van der Waals surface area contributed by atoms with E-state index in [0.29, 0.717) is 5.56 Å². The summed E-state index contributed by atoms with van der Waals surface area (Å²) in [6.07, 6.45) is -0.722. The van der Waals surface area contributed by atoms with Crippen LogP contribution in [-0.2, 0) is 14.3 Å². The summed E-state index contributed by atoms with van der Waals surface area (Å²) in [6, 6.07) is 7.57. The number of esters is 2. The van der Waals surface area contributed by atoms with Crippen LogP contribution >= 0.6 is 0 Å². The highest BCUT2D eigenvalue weighted by Gasteiger charge is 2.31. The van der Waals surface area contributed by atoms with Gasteiger partial charge >= 0.3 is 11.9 Å². The molecular weight excluding hydrogens is 246 g/mol. The van der Waals surface area contributed by atoms with Crippen LogP contribution in [0.25, 0.3) is 0 Å². The fraction of sp³-hybridized carbons (Fsp3) is 0.429. The van der Waals surface area contributed by atoms with Gasteiger partial charge in [-0.15, -0.1) is 0 Å². The van der Waals surface area contributed by atoms with Gasteiger partial charge in [0, 0.05) is 0 Å². The highest BCUT2D eigenvalue weighted by molar-refractivity contribution is 5.89. The van der Waals surface area contributed by atoms with Gasteiger partial charge < -0.3 is 15.2 Å². The van der Waals surface area contributed by atoms with Crippen LogP contribution < -0.4 is 5.73 Å². The summed E-state index contributed by atoms with van der Waals surface area (Å²) in [5.74, 6) is -1.19. The fourth-order valence-corrected chi connectivity index (χ4v) is 1.66. The van der Waals surface area contributed by atoms with Crippen LogP contribution in [-0.4, -0.2) is 31.2 Å². The number of nitrogens with two attached hydrogens (primary N) is 1. The van der Waals surface area contributed by atoms with Crippen molar-refractivity contribution in [1.82, 2.24) is 0 Å². The second-order valence-corrected chi connectivity index (χ2v) is 4.53. The smallest absolute Gasteiger partial charge is 0.338 e. The van der Waals surface area contributed by atoms with Crippen molar-refractivity contribution in [3.63, 3.8) is 0 Å². The van der Waals surface area contributed by atoms with Gasteiger partial charge in [0.05, 0.1) is 12.7 Å². The topological polar surface area (TPSA) is 78.6 Å². The number of methoxy groups -OCH3 is 1. The maximum atomic E-state index is 11.9. The molecule has 0 bridgehead atoms. The zero-order valence-corrected chi connectivity index (χ0v) is 11.3. The Balaban J connectivity index is 2.80. The van der Waals surface area contributed by atoms with Crippen molar-refractivity contribution in [2.75, 3.05) is 7.11 Å². The van der Waals surface area contributed by atoms with Crippen LogP contribution in [0.1, 0.15) is 24.2 Å². The molecule has 19 heavy (non-hydrogen) atoms. The highest BCUT2D eigenvalue weighted by atomic mass is 16.6. The summed E-state index contributed by atoms with van der Waals surface area (Å²) in [4.78, 5) is 23.4. The Morgan fingerprint density at radius 1 is 1.16 bits per heavy atom. The Bertz CT molecular complexity index is 430. The first kappa shape index (κ1) is 15.2. The van der Waals surface area contributed by atoms with E-state index in [1.165, 1.54) is 7.11 Å². The summed E-state index contributed by atoms with van der Waals surface area (Å²) in [5.41, 5.74) is 6.17. The lowest BCUT2D eigenvalue weighted by molar-refractivity contribution is -0.145. The standard InChI is InChI=1S/C14H19NO4/c1-9(2)12(11(15)14(17)18-3)19-13(16)10-7-5-4-6-8-10/h4-9,11-12H,15H2,1-3H3/t11-,12+/m1/s1. The van der Waals surface area contributed by atoms with Crippen LogP contribution in [0.5, 0.6) is 0 Å². The molecule has 2 N–H and O–H groups in total. The molecule has 0 aliphatic heterocycles. The molecule has 104 valence electrons. The summed E-state index contributed by atoms with van der Waals surface area (Å²) in [5, 5.41) is 0. The Hall–Kier alpha value is -1.88. The zero-order chi connectivity index (χ0) is 14.4. The van der Waals surface area contributed by atoms with Gasteiger partial charge in [0.1, 0.15) is 12.1 Å². The van der Waals surface area contributed by atoms with E-state index in [1.807, 2.05) is 13.8 Å². The molecule has 1 rings (SSSR count). The second-order valence-electron chi connectivity index (χ2n) is 4.53. The van der Waals surface area contributed by atoms with E-state index in [0.717, 1.165) is 0 Å². The molecule has 0 amide bonds. The molecule has 0 fully saturated rings. The van der Waals surface area contributed by atoms with Gasteiger partial charge in [-0.25, -0.2) is 4.79 Å². The van der Waals surface area contributed by atoms with E-state index in [-0.39, 0.29) is 5.92 Å². The molecule has 0 aliphatic carbocycles. The largest absolute Gasteiger partial charge is 0.468 e. The van der Waals surface area contributed by atoms with Gasteiger partial charge in [-0.3, -0.25) is 4.79 Å². The summed E-state index contributed by atoms with van der Waals surface area (Å²) >= 11 is 0. The van der Waals surface area contributed by atoms with E-state index < -0.39 is 24.1 Å². The third kappa shape index (κ3) is 4.06. The third-order valence-electron chi connectivity index (χ3n) is 2.74. The highest BCUT2D eigenvalue weighted by Crippen LogP contribution is 2.14. The molecule has 5 heteroatoms. The van der Waals surface area contributed by atoms with Crippen molar-refractivity contribution < 1.29 is 19.1 Å². The Kier molecular flexibility index (Phi) is 5.51. The van der Waals surface area contributed by atoms with E-state index in [1.54, 1.807) is 30.3 Å². The summed E-state index contributed by atoms with van der Waals surface area (Å²) in [6.45, 7) is 3.65. The maximum absolute atomic E-state index is 11.9. The molecule has 5 nitrogen and oxygen atoms in total. The quantitative estimate of drug-likeness (QED) is 0.813. The molecule has 0 radical (unpaired) electrons. The fourth-order valence-electron chi connectivity index (χ4n) is 1.66. The Labute approximate surface area is 112 Å². The van der Waals surface area contributed by atoms with Gasteiger partial charge in [0.15, 0.2) is 0 Å². The normalized spacial score (nSPS) is 13.7. The Morgan fingerprint density at radius 3 is 2.21 bits per heavy atom. The van der Waals surface area contributed by atoms with Crippen molar-refractivity contribution in [3.05, 3.63) is 35.9 Å². The molecule has 1 aromatic rings. The number of hydrogen-bond donors (Lipinski definition) is 1. The molecule has 1 aromatic carbocycles. The predicted octanol–water partition coefficient (Wildman–Crippen LogP) is 1.37. The molecule has 0 unspecified atom stereocenters. The first-order chi connectivity index (χ1) is 8.97. The van der Waals surface area contributed by atoms with E-state index in [9.17, 15) is 9.59 Å². The minimum Gasteiger partial charge on any atom is -0.468 e. The number of carbonyl (C=O) groups excluding carboxylic acids is 2. The number of rotatable bonds is 5. The molecule has 0 aliphatic rings. The van der Waals surface area contributed by atoms with Crippen LogP contribution in [0.4, 0.5) is 0 Å². The molecule has 0 aromatic heterocycles. The van der Waals surface area contributed by atoms with Crippen molar-refractivity contribution in [2.45, 2.75) is 26.0 Å².